The van der Waals surface area contributed by atoms with Gasteiger partial charge in [-0.25, -0.2) is 4.98 Å². The highest BCUT2D eigenvalue weighted by atomic mass is 32.1. The lowest BCUT2D eigenvalue weighted by Crippen LogP contribution is -2.37. The van der Waals surface area contributed by atoms with E-state index in [1.165, 1.54) is 11.5 Å². The fourth-order valence-corrected chi connectivity index (χ4v) is 3.78. The molecule has 6 heteroatoms. The van der Waals surface area contributed by atoms with E-state index in [-0.39, 0.29) is 12.5 Å². The van der Waals surface area contributed by atoms with Crippen molar-refractivity contribution in [1.82, 2.24) is 9.36 Å². The van der Waals surface area contributed by atoms with Gasteiger partial charge in [-0.2, -0.15) is 4.37 Å². The highest BCUT2D eigenvalue weighted by Gasteiger charge is 2.19. The minimum atomic E-state index is 0.0448. The first-order valence-electron chi connectivity index (χ1n) is 8.83. The van der Waals surface area contributed by atoms with Crippen molar-refractivity contribution in [2.24, 2.45) is 0 Å². The molecule has 4 rings (SSSR count). The van der Waals surface area contributed by atoms with E-state index in [1.807, 2.05) is 67.3 Å². The van der Waals surface area contributed by atoms with Gasteiger partial charge in [0.2, 0.25) is 5.91 Å². The number of fused-ring (bicyclic) bond motifs is 1. The van der Waals surface area contributed by atoms with Gasteiger partial charge in [-0.05, 0) is 48.6 Å². The summed E-state index contributed by atoms with van der Waals surface area (Å²) in [6.45, 7) is 4.75. The van der Waals surface area contributed by atoms with Crippen molar-refractivity contribution in [2.45, 2.75) is 13.8 Å². The monoisotopic (exact) mass is 376 g/mol. The predicted octanol–water partition coefficient (Wildman–Crippen LogP) is 4.29. The lowest BCUT2D eigenvalue weighted by Gasteiger charge is -2.26. The zero-order valence-corrected chi connectivity index (χ0v) is 16.1. The molecule has 136 valence electrons. The molecule has 0 unspecified atom stereocenters. The molecule has 2 aromatic carbocycles. The van der Waals surface area contributed by atoms with Gasteiger partial charge >= 0.3 is 0 Å². The summed E-state index contributed by atoms with van der Waals surface area (Å²) in [5.74, 6) is 0.820. The highest BCUT2D eigenvalue weighted by Crippen LogP contribution is 2.28. The van der Waals surface area contributed by atoms with Crippen LogP contribution < -0.4 is 10.2 Å². The Hall–Kier alpha value is -2.99. The predicted molar refractivity (Wildman–Crippen MR) is 111 cm³/mol. The van der Waals surface area contributed by atoms with Crippen molar-refractivity contribution in [3.05, 3.63) is 65.5 Å². The van der Waals surface area contributed by atoms with Gasteiger partial charge in [0.05, 0.1) is 12.2 Å². The maximum Gasteiger partial charge on any atom is 0.246 e. The van der Waals surface area contributed by atoms with E-state index in [1.54, 1.807) is 0 Å². The number of para-hydroxylation sites is 1. The Morgan fingerprint density at radius 3 is 2.89 bits per heavy atom. The summed E-state index contributed by atoms with van der Waals surface area (Å²) >= 11 is 1.38. The van der Waals surface area contributed by atoms with Gasteiger partial charge in [-0.3, -0.25) is 4.79 Å². The van der Waals surface area contributed by atoms with E-state index in [4.69, 9.17) is 0 Å². The summed E-state index contributed by atoms with van der Waals surface area (Å²) in [5, 5.41) is 4.19. The number of nitrogens with one attached hydrogen (secondary N) is 1. The van der Waals surface area contributed by atoms with Crippen LogP contribution in [0.3, 0.4) is 0 Å². The fourth-order valence-electron chi connectivity index (χ4n) is 3.12. The van der Waals surface area contributed by atoms with Crippen LogP contribution in [0, 0.1) is 13.8 Å². The van der Waals surface area contributed by atoms with Gasteiger partial charge in [0, 0.05) is 17.8 Å². The molecule has 1 aliphatic heterocycles. The molecular weight excluding hydrogens is 356 g/mol. The molecular formula is C21H20N4OS. The van der Waals surface area contributed by atoms with E-state index in [2.05, 4.69) is 20.8 Å². The normalized spacial score (nSPS) is 12.7. The van der Waals surface area contributed by atoms with Crippen LogP contribution in [-0.4, -0.2) is 28.4 Å². The van der Waals surface area contributed by atoms with Crippen LogP contribution in [0.5, 0.6) is 0 Å². The third-order valence-electron chi connectivity index (χ3n) is 4.56. The quantitative estimate of drug-likeness (QED) is 0.738. The second-order valence-electron chi connectivity index (χ2n) is 6.50. The van der Waals surface area contributed by atoms with Crippen LogP contribution in [0.4, 0.5) is 11.4 Å². The van der Waals surface area contributed by atoms with E-state index in [0.29, 0.717) is 6.54 Å². The van der Waals surface area contributed by atoms with Crippen LogP contribution in [0.25, 0.3) is 16.6 Å². The molecule has 0 aliphatic carbocycles. The number of aromatic nitrogens is 2. The third kappa shape index (κ3) is 3.61. The first kappa shape index (κ1) is 17.4. The molecule has 0 atom stereocenters. The summed E-state index contributed by atoms with van der Waals surface area (Å²) in [7, 11) is 0. The Morgan fingerprint density at radius 2 is 2.07 bits per heavy atom. The fraction of sp³-hybridized carbons (Fsp3) is 0.190. The molecule has 27 heavy (non-hydrogen) atoms. The minimum Gasteiger partial charge on any atom is -0.376 e. The number of carbonyl (C=O) groups excluding carboxylic acids is 1. The molecule has 0 saturated carbocycles. The molecule has 1 aliphatic rings. The number of carbonyl (C=O) groups is 1. The van der Waals surface area contributed by atoms with E-state index in [9.17, 15) is 4.79 Å². The number of nitrogens with zero attached hydrogens (tertiary/aromatic N) is 3. The second kappa shape index (κ2) is 7.32. The molecule has 1 amide bonds. The number of rotatable bonds is 4. The maximum absolute atomic E-state index is 12.8. The number of anilines is 2. The van der Waals surface area contributed by atoms with Crippen molar-refractivity contribution < 1.29 is 4.79 Å². The lowest BCUT2D eigenvalue weighted by molar-refractivity contribution is -0.116. The van der Waals surface area contributed by atoms with Gasteiger partial charge in [-0.15, -0.1) is 0 Å². The number of amides is 1. The van der Waals surface area contributed by atoms with Gasteiger partial charge in [0.15, 0.2) is 0 Å². The van der Waals surface area contributed by atoms with E-state index >= 15 is 0 Å². The lowest BCUT2D eigenvalue weighted by atomic mass is 10.1. The Morgan fingerprint density at radius 1 is 1.22 bits per heavy atom. The van der Waals surface area contributed by atoms with Crippen LogP contribution in [0.15, 0.2) is 48.5 Å². The summed E-state index contributed by atoms with van der Waals surface area (Å²) in [6, 6.07) is 14.1. The highest BCUT2D eigenvalue weighted by molar-refractivity contribution is 7.09. The SMILES string of the molecule is Cc1nsc(-c2ccc(C)c(NCC(=O)N3CC=Cc4ccccc43)c2)n1. The molecule has 0 fully saturated rings. The van der Waals surface area contributed by atoms with Crippen LogP contribution in [0.2, 0.25) is 0 Å². The smallest absolute Gasteiger partial charge is 0.246 e. The number of hydrogen-bond acceptors (Lipinski definition) is 5. The average Bonchev–Trinajstić information content (AvgIpc) is 3.13. The number of hydrogen-bond donors (Lipinski definition) is 1. The summed E-state index contributed by atoms with van der Waals surface area (Å²) in [5.41, 5.74) is 5.07. The Bertz CT molecular complexity index is 1020. The molecule has 0 saturated heterocycles. The Labute approximate surface area is 162 Å². The largest absolute Gasteiger partial charge is 0.376 e. The van der Waals surface area contributed by atoms with Gasteiger partial charge in [-0.1, -0.05) is 42.5 Å². The van der Waals surface area contributed by atoms with Gasteiger partial charge < -0.3 is 10.2 Å². The second-order valence-corrected chi connectivity index (χ2v) is 7.25. The minimum absolute atomic E-state index is 0.0448. The molecule has 1 N–H and O–H groups in total. The zero-order chi connectivity index (χ0) is 18.8. The molecule has 0 radical (unpaired) electrons. The van der Waals surface area contributed by atoms with E-state index < -0.39 is 0 Å². The Kier molecular flexibility index (Phi) is 4.73. The Balaban J connectivity index is 1.50. The van der Waals surface area contributed by atoms with Crippen LogP contribution in [-0.2, 0) is 4.79 Å². The molecule has 2 heterocycles. The third-order valence-corrected chi connectivity index (χ3v) is 5.41. The van der Waals surface area contributed by atoms with Crippen molar-refractivity contribution in [1.29, 1.82) is 0 Å². The van der Waals surface area contributed by atoms with Crippen LogP contribution >= 0.6 is 11.5 Å². The molecule has 3 aromatic rings. The van der Waals surface area contributed by atoms with E-state index in [0.717, 1.165) is 38.9 Å². The van der Waals surface area contributed by atoms with Crippen molar-refractivity contribution >= 4 is 34.9 Å². The maximum atomic E-state index is 12.8. The topological polar surface area (TPSA) is 58.1 Å². The van der Waals surface area contributed by atoms with Crippen molar-refractivity contribution in [3.8, 4) is 10.6 Å². The number of aryl methyl sites for hydroxylation is 2. The van der Waals surface area contributed by atoms with Gasteiger partial charge in [0.1, 0.15) is 10.8 Å². The van der Waals surface area contributed by atoms with Crippen LogP contribution in [0.1, 0.15) is 17.0 Å². The number of benzene rings is 2. The summed E-state index contributed by atoms with van der Waals surface area (Å²) in [4.78, 5) is 19.1. The zero-order valence-electron chi connectivity index (χ0n) is 15.3. The summed E-state index contributed by atoms with van der Waals surface area (Å²) in [6.07, 6.45) is 4.08. The van der Waals surface area contributed by atoms with Crippen molar-refractivity contribution in [3.63, 3.8) is 0 Å². The first-order chi connectivity index (χ1) is 13.1. The molecule has 1 aromatic heterocycles. The first-order valence-corrected chi connectivity index (χ1v) is 9.60. The van der Waals surface area contributed by atoms with Crippen molar-refractivity contribution in [2.75, 3.05) is 23.3 Å². The average molecular weight is 376 g/mol. The molecule has 0 bridgehead atoms. The molecule has 0 spiro atoms. The summed E-state index contributed by atoms with van der Waals surface area (Å²) < 4.78 is 4.24. The molecule has 5 nitrogen and oxygen atoms in total. The standard InChI is InChI=1S/C21H20N4OS/c1-14-9-10-17(21-23-15(2)24-27-21)12-18(14)22-13-20(26)25-11-5-7-16-6-3-4-8-19(16)25/h3-10,12,22H,11,13H2,1-2H3. The van der Waals surface area contributed by atoms with Gasteiger partial charge in [0.25, 0.3) is 0 Å².